The summed E-state index contributed by atoms with van der Waals surface area (Å²) in [6, 6.07) is 1.88. The van der Waals surface area contributed by atoms with Crippen LogP contribution in [0, 0.1) is 0 Å². The van der Waals surface area contributed by atoms with Crippen LogP contribution in [0.3, 0.4) is 0 Å². The van der Waals surface area contributed by atoms with Crippen LogP contribution in [-0.2, 0) is 18.9 Å². The van der Waals surface area contributed by atoms with E-state index in [0.29, 0.717) is 17.4 Å². The van der Waals surface area contributed by atoms with E-state index in [-0.39, 0.29) is 18.4 Å². The molecule has 7 nitrogen and oxygen atoms in total. The van der Waals surface area contributed by atoms with Gasteiger partial charge in [-0.2, -0.15) is 0 Å². The Kier molecular flexibility index (Phi) is 3.63. The van der Waals surface area contributed by atoms with Crippen LogP contribution < -0.4 is 0 Å². The van der Waals surface area contributed by atoms with Gasteiger partial charge >= 0.3 is 0 Å². The second-order valence-corrected chi connectivity index (χ2v) is 7.26. The van der Waals surface area contributed by atoms with Gasteiger partial charge in [0, 0.05) is 13.3 Å². The Morgan fingerprint density at radius 3 is 2.79 bits per heavy atom. The van der Waals surface area contributed by atoms with E-state index in [4.69, 9.17) is 30.5 Å². The zero-order valence-corrected chi connectivity index (χ0v) is 14.8. The average Bonchev–Trinajstić information content (AvgIpc) is 3.13. The third kappa shape index (κ3) is 2.34. The third-order valence-corrected chi connectivity index (χ3v) is 4.87. The Morgan fingerprint density at radius 1 is 1.25 bits per heavy atom. The van der Waals surface area contributed by atoms with Crippen molar-refractivity contribution < 1.29 is 18.9 Å². The fraction of sp³-hybridized carbons (Fsp3) is 0.625. The highest BCUT2D eigenvalue weighted by molar-refractivity contribution is 6.33. The first kappa shape index (κ1) is 16.2. The number of rotatable bonds is 3. The summed E-state index contributed by atoms with van der Waals surface area (Å²) in [7, 11) is 1.65. The Morgan fingerprint density at radius 2 is 2.04 bits per heavy atom. The molecule has 2 saturated heterocycles. The molecule has 0 aromatic carbocycles. The molecular formula is C16H20ClN3O4. The van der Waals surface area contributed by atoms with Crippen LogP contribution in [0.5, 0.6) is 0 Å². The number of hydrogen-bond donors (Lipinski definition) is 0. The van der Waals surface area contributed by atoms with Crippen molar-refractivity contribution in [3.8, 4) is 0 Å². The molecule has 0 aliphatic carbocycles. The highest BCUT2D eigenvalue weighted by Crippen LogP contribution is 2.48. The summed E-state index contributed by atoms with van der Waals surface area (Å²) in [6.07, 6.45) is 2.43. The standard InChI is InChI=1S/C16H20ClN3O4/c1-15(2)22-10-11(23-15)16(3,7-21-4)24-14(10)20-6-5-9-12(17)18-8-19-13(9)20/h5-6,8,10-11,14H,7H2,1-4H3/t10-,11-,14-,16-/m1/s1. The summed E-state index contributed by atoms with van der Waals surface area (Å²) < 4.78 is 25.8. The molecule has 2 aromatic rings. The molecule has 2 fully saturated rings. The van der Waals surface area contributed by atoms with Crippen LogP contribution in [0.2, 0.25) is 5.15 Å². The Hall–Kier alpha value is -1.25. The maximum Gasteiger partial charge on any atom is 0.165 e. The van der Waals surface area contributed by atoms with Gasteiger partial charge in [-0.1, -0.05) is 11.6 Å². The highest BCUT2D eigenvalue weighted by atomic mass is 35.5. The molecule has 0 radical (unpaired) electrons. The van der Waals surface area contributed by atoms with Gasteiger partial charge < -0.3 is 23.5 Å². The smallest absolute Gasteiger partial charge is 0.165 e. The first-order valence-electron chi connectivity index (χ1n) is 7.84. The summed E-state index contributed by atoms with van der Waals surface area (Å²) in [5, 5.41) is 1.19. The second-order valence-electron chi connectivity index (χ2n) is 6.90. The number of nitrogens with zero attached hydrogens (tertiary/aromatic N) is 3. The summed E-state index contributed by atoms with van der Waals surface area (Å²) >= 11 is 6.16. The monoisotopic (exact) mass is 353 g/mol. The maximum atomic E-state index is 6.33. The Balaban J connectivity index is 1.78. The van der Waals surface area contributed by atoms with Gasteiger partial charge in [-0.3, -0.25) is 0 Å². The number of methoxy groups -OCH3 is 1. The van der Waals surface area contributed by atoms with Gasteiger partial charge in [-0.25, -0.2) is 9.97 Å². The molecule has 130 valence electrons. The molecule has 24 heavy (non-hydrogen) atoms. The van der Waals surface area contributed by atoms with Crippen LogP contribution in [0.15, 0.2) is 18.6 Å². The number of ether oxygens (including phenoxy) is 4. The largest absolute Gasteiger partial charge is 0.382 e. The van der Waals surface area contributed by atoms with Gasteiger partial charge in [-0.15, -0.1) is 0 Å². The van der Waals surface area contributed by atoms with Gasteiger partial charge in [0.1, 0.15) is 34.9 Å². The predicted octanol–water partition coefficient (Wildman–Crippen LogP) is 2.54. The van der Waals surface area contributed by atoms with E-state index in [1.165, 1.54) is 6.33 Å². The Bertz CT molecular complexity index is 780. The molecule has 4 heterocycles. The van der Waals surface area contributed by atoms with E-state index in [2.05, 4.69) is 9.97 Å². The number of hydrogen-bond acceptors (Lipinski definition) is 6. The van der Waals surface area contributed by atoms with E-state index in [1.54, 1.807) is 7.11 Å². The van der Waals surface area contributed by atoms with Crippen molar-refractivity contribution >= 4 is 22.6 Å². The molecule has 0 bridgehead atoms. The van der Waals surface area contributed by atoms with E-state index in [9.17, 15) is 0 Å². The number of fused-ring (bicyclic) bond motifs is 2. The predicted molar refractivity (Wildman–Crippen MR) is 86.8 cm³/mol. The molecule has 4 rings (SSSR count). The summed E-state index contributed by atoms with van der Waals surface area (Å²) in [5.41, 5.74) is 0.0828. The van der Waals surface area contributed by atoms with E-state index < -0.39 is 11.4 Å². The first-order valence-corrected chi connectivity index (χ1v) is 8.22. The van der Waals surface area contributed by atoms with Crippen LogP contribution in [0.25, 0.3) is 11.0 Å². The lowest BCUT2D eigenvalue weighted by molar-refractivity contribution is -0.223. The van der Waals surface area contributed by atoms with Crippen LogP contribution in [0.1, 0.15) is 27.0 Å². The fourth-order valence-corrected chi connectivity index (χ4v) is 3.83. The molecule has 2 aromatic heterocycles. The van der Waals surface area contributed by atoms with Gasteiger partial charge in [0.25, 0.3) is 0 Å². The lowest BCUT2D eigenvalue weighted by atomic mass is 9.98. The molecule has 2 aliphatic heterocycles. The number of aromatic nitrogens is 3. The zero-order valence-electron chi connectivity index (χ0n) is 14.0. The van der Waals surface area contributed by atoms with Crippen molar-refractivity contribution in [1.29, 1.82) is 0 Å². The van der Waals surface area contributed by atoms with Crippen molar-refractivity contribution in [2.24, 2.45) is 0 Å². The molecule has 4 atom stereocenters. The lowest BCUT2D eigenvalue weighted by Gasteiger charge is -2.31. The normalized spacial score (nSPS) is 34.8. The van der Waals surface area contributed by atoms with E-state index in [0.717, 1.165) is 5.39 Å². The molecular weight excluding hydrogens is 334 g/mol. The first-order chi connectivity index (χ1) is 11.3. The molecule has 0 spiro atoms. The minimum atomic E-state index is -0.679. The average molecular weight is 354 g/mol. The van der Waals surface area contributed by atoms with Crippen molar-refractivity contribution in [3.63, 3.8) is 0 Å². The second kappa shape index (κ2) is 5.37. The Labute approximate surface area is 144 Å². The van der Waals surface area contributed by atoms with Crippen molar-refractivity contribution in [2.45, 2.75) is 50.6 Å². The topological polar surface area (TPSA) is 67.6 Å². The van der Waals surface area contributed by atoms with Crippen molar-refractivity contribution in [2.75, 3.05) is 13.7 Å². The minimum absolute atomic E-state index is 0.243. The summed E-state index contributed by atoms with van der Waals surface area (Å²) in [4.78, 5) is 8.37. The summed E-state index contributed by atoms with van der Waals surface area (Å²) in [6.45, 7) is 6.19. The molecule has 8 heteroatoms. The molecule has 0 amide bonds. The highest BCUT2D eigenvalue weighted by Gasteiger charge is 2.61. The van der Waals surface area contributed by atoms with Crippen molar-refractivity contribution in [3.05, 3.63) is 23.7 Å². The quantitative estimate of drug-likeness (QED) is 0.790. The van der Waals surface area contributed by atoms with Gasteiger partial charge in [0.2, 0.25) is 0 Å². The molecule has 0 unspecified atom stereocenters. The van der Waals surface area contributed by atoms with E-state index >= 15 is 0 Å². The SMILES string of the molecule is COC[C@@]1(C)O[C@@H](n2ccc3c(Cl)ncnc32)[C@@H]2OC(C)(C)O[C@H]21. The zero-order chi connectivity index (χ0) is 17.1. The summed E-state index contributed by atoms with van der Waals surface area (Å²) in [5.74, 6) is -0.679. The maximum absolute atomic E-state index is 6.33. The van der Waals surface area contributed by atoms with Crippen LogP contribution in [-0.4, -0.2) is 51.8 Å². The lowest BCUT2D eigenvalue weighted by Crippen LogP contribution is -2.44. The van der Waals surface area contributed by atoms with E-state index in [1.807, 2.05) is 37.6 Å². The molecule has 2 aliphatic rings. The molecule has 0 saturated carbocycles. The number of halogens is 1. The van der Waals surface area contributed by atoms with Crippen molar-refractivity contribution in [1.82, 2.24) is 14.5 Å². The fourth-order valence-electron chi connectivity index (χ4n) is 3.64. The van der Waals surface area contributed by atoms with Gasteiger partial charge in [0.05, 0.1) is 12.0 Å². The third-order valence-electron chi connectivity index (χ3n) is 4.57. The minimum Gasteiger partial charge on any atom is -0.382 e. The van der Waals surface area contributed by atoms with Gasteiger partial charge in [0.15, 0.2) is 12.0 Å². The van der Waals surface area contributed by atoms with Crippen LogP contribution >= 0.6 is 11.6 Å². The van der Waals surface area contributed by atoms with Gasteiger partial charge in [-0.05, 0) is 26.8 Å². The van der Waals surface area contributed by atoms with Crippen LogP contribution in [0.4, 0.5) is 0 Å². The molecule has 0 N–H and O–H groups in total.